The summed E-state index contributed by atoms with van der Waals surface area (Å²) >= 11 is 0. The minimum atomic E-state index is -1.30. The summed E-state index contributed by atoms with van der Waals surface area (Å²) in [6.07, 6.45) is 9.65. The van der Waals surface area contributed by atoms with Gasteiger partial charge in [0.1, 0.15) is 29.2 Å². The van der Waals surface area contributed by atoms with Crippen molar-refractivity contribution in [2.24, 2.45) is 11.8 Å². The Hall–Kier alpha value is -3.12. The number of carbonyl (C=O) groups excluding carboxylic acids is 2. The number of hydrogen-bond donors (Lipinski definition) is 4. The second kappa shape index (κ2) is 11.5. The number of hydrogen-bond acceptors (Lipinski definition) is 5. The number of rotatable bonds is 9. The van der Waals surface area contributed by atoms with E-state index in [9.17, 15) is 24.9 Å². The molecule has 1 heterocycles. The van der Waals surface area contributed by atoms with Crippen molar-refractivity contribution in [1.29, 1.82) is 0 Å². The maximum atomic E-state index is 12.6. The molecule has 1 aromatic carbocycles. The van der Waals surface area contributed by atoms with Crippen LogP contribution in [-0.2, 0) is 9.59 Å². The second-order valence-electron chi connectivity index (χ2n) is 8.47. The molecule has 0 saturated carbocycles. The molecular formula is C26H33NO5. The number of benzene rings is 1. The predicted molar refractivity (Wildman–Crippen MR) is 125 cm³/mol. The zero-order valence-electron chi connectivity index (χ0n) is 19.1. The van der Waals surface area contributed by atoms with Gasteiger partial charge in [-0.25, -0.2) is 0 Å². The molecule has 6 nitrogen and oxygen atoms in total. The van der Waals surface area contributed by atoms with Crippen molar-refractivity contribution in [3.05, 3.63) is 77.1 Å². The second-order valence-corrected chi connectivity index (χ2v) is 8.47. The summed E-state index contributed by atoms with van der Waals surface area (Å²) in [5.74, 6) is -0.715. The number of phenols is 1. The van der Waals surface area contributed by atoms with Gasteiger partial charge >= 0.3 is 0 Å². The van der Waals surface area contributed by atoms with Gasteiger partial charge in [0.2, 0.25) is 0 Å². The molecule has 1 aliphatic heterocycles. The number of Topliss-reactive ketones (excluding diaryl/α,β-unsaturated/α-hetero) is 1. The number of carbonyl (C=O) groups is 2. The third kappa shape index (κ3) is 6.69. The number of aliphatic hydroxyl groups is 2. The topological polar surface area (TPSA) is 107 Å². The van der Waals surface area contributed by atoms with Crippen molar-refractivity contribution in [3.63, 3.8) is 0 Å². The van der Waals surface area contributed by atoms with Gasteiger partial charge in [0, 0.05) is 0 Å². The van der Waals surface area contributed by atoms with Crippen LogP contribution in [0.25, 0.3) is 0 Å². The number of ketones is 1. The van der Waals surface area contributed by atoms with Crippen LogP contribution >= 0.6 is 0 Å². The SMILES string of the molecule is CCC(C)CC(C)C=C(C)C=CC=CC(O)=C1C(=O)NC(C(O)c2ccc(O)cc2)C1=O. The minimum absolute atomic E-state index is 0.0224. The molecule has 0 spiro atoms. The van der Waals surface area contributed by atoms with Crippen LogP contribution in [0.4, 0.5) is 0 Å². The van der Waals surface area contributed by atoms with Gasteiger partial charge in [-0.2, -0.15) is 0 Å². The highest BCUT2D eigenvalue weighted by atomic mass is 16.3. The van der Waals surface area contributed by atoms with Gasteiger partial charge in [-0.05, 0) is 49.0 Å². The summed E-state index contributed by atoms with van der Waals surface area (Å²) in [5, 5.41) is 32.5. The largest absolute Gasteiger partial charge is 0.508 e. The Bertz CT molecular complexity index is 939. The van der Waals surface area contributed by atoms with Crippen molar-refractivity contribution in [3.8, 4) is 5.75 Å². The highest BCUT2D eigenvalue weighted by Gasteiger charge is 2.42. The van der Waals surface area contributed by atoms with Gasteiger partial charge in [-0.15, -0.1) is 0 Å². The summed E-state index contributed by atoms with van der Waals surface area (Å²) in [6, 6.07) is 4.48. The van der Waals surface area contributed by atoms with Crippen molar-refractivity contribution < 1.29 is 24.9 Å². The van der Waals surface area contributed by atoms with Crippen molar-refractivity contribution in [2.45, 2.75) is 52.7 Å². The van der Waals surface area contributed by atoms with E-state index in [-0.39, 0.29) is 11.3 Å². The van der Waals surface area contributed by atoms with E-state index in [1.54, 1.807) is 12.2 Å². The molecule has 4 atom stereocenters. The van der Waals surface area contributed by atoms with Crippen LogP contribution in [0.2, 0.25) is 0 Å². The third-order valence-electron chi connectivity index (χ3n) is 5.59. The van der Waals surface area contributed by atoms with E-state index in [2.05, 4.69) is 32.2 Å². The molecule has 1 aromatic rings. The Morgan fingerprint density at radius 3 is 2.38 bits per heavy atom. The fourth-order valence-corrected chi connectivity index (χ4v) is 3.69. The maximum Gasteiger partial charge on any atom is 0.259 e. The molecule has 0 bridgehead atoms. The monoisotopic (exact) mass is 439 g/mol. The van der Waals surface area contributed by atoms with Gasteiger partial charge in [0.15, 0.2) is 5.78 Å². The summed E-state index contributed by atoms with van der Waals surface area (Å²) in [4.78, 5) is 24.9. The molecule has 1 amide bonds. The molecule has 32 heavy (non-hydrogen) atoms. The first-order chi connectivity index (χ1) is 15.1. The Kier molecular flexibility index (Phi) is 9.02. The van der Waals surface area contributed by atoms with E-state index < -0.39 is 29.6 Å². The number of aromatic hydroxyl groups is 1. The quantitative estimate of drug-likeness (QED) is 0.197. The molecule has 0 aliphatic carbocycles. The Morgan fingerprint density at radius 2 is 1.75 bits per heavy atom. The highest BCUT2D eigenvalue weighted by molar-refractivity contribution is 6.27. The average molecular weight is 440 g/mol. The van der Waals surface area contributed by atoms with Gasteiger partial charge < -0.3 is 20.6 Å². The van der Waals surface area contributed by atoms with Crippen LogP contribution in [0.5, 0.6) is 5.75 Å². The lowest BCUT2D eigenvalue weighted by atomic mass is 9.94. The zero-order valence-corrected chi connectivity index (χ0v) is 19.1. The fourth-order valence-electron chi connectivity index (χ4n) is 3.69. The molecule has 4 unspecified atom stereocenters. The van der Waals surface area contributed by atoms with Crippen molar-refractivity contribution >= 4 is 11.7 Å². The maximum absolute atomic E-state index is 12.6. The van der Waals surface area contributed by atoms with Crippen LogP contribution in [0.15, 0.2) is 71.6 Å². The number of amides is 1. The number of phenolic OH excluding ortho intramolecular Hbond substituents is 1. The molecule has 1 aliphatic rings. The Morgan fingerprint density at radius 1 is 1.12 bits per heavy atom. The number of aliphatic hydroxyl groups excluding tert-OH is 2. The van der Waals surface area contributed by atoms with Crippen LogP contribution < -0.4 is 5.32 Å². The predicted octanol–water partition coefficient (Wildman–Crippen LogP) is 4.44. The molecule has 1 fully saturated rings. The van der Waals surface area contributed by atoms with E-state index >= 15 is 0 Å². The van der Waals surface area contributed by atoms with Crippen molar-refractivity contribution in [1.82, 2.24) is 5.32 Å². The van der Waals surface area contributed by atoms with Gasteiger partial charge in [-0.3, -0.25) is 9.59 Å². The van der Waals surface area contributed by atoms with Crippen LogP contribution in [0.3, 0.4) is 0 Å². The van der Waals surface area contributed by atoms with Gasteiger partial charge in [-0.1, -0.05) is 69.2 Å². The van der Waals surface area contributed by atoms with E-state index in [0.29, 0.717) is 17.4 Å². The fraction of sp³-hybridized carbons (Fsp3) is 0.385. The summed E-state index contributed by atoms with van der Waals surface area (Å²) in [5.41, 5.74) is 1.07. The Labute approximate surface area is 189 Å². The number of nitrogens with one attached hydrogen (secondary N) is 1. The highest BCUT2D eigenvalue weighted by Crippen LogP contribution is 2.26. The van der Waals surface area contributed by atoms with Crippen molar-refractivity contribution in [2.75, 3.05) is 0 Å². The lowest BCUT2D eigenvalue weighted by molar-refractivity contribution is -0.118. The Balaban J connectivity index is 2.06. The van der Waals surface area contributed by atoms with Crippen LogP contribution in [0.1, 0.15) is 52.2 Å². The molecule has 172 valence electrons. The van der Waals surface area contributed by atoms with E-state index in [1.165, 1.54) is 30.3 Å². The van der Waals surface area contributed by atoms with Crippen LogP contribution in [0, 0.1) is 11.8 Å². The molecule has 2 rings (SSSR count). The molecular weight excluding hydrogens is 406 g/mol. The average Bonchev–Trinajstić information content (AvgIpc) is 3.04. The third-order valence-corrected chi connectivity index (χ3v) is 5.59. The first-order valence-corrected chi connectivity index (χ1v) is 10.9. The summed E-state index contributed by atoms with van der Waals surface area (Å²) < 4.78 is 0. The first-order valence-electron chi connectivity index (χ1n) is 10.9. The van der Waals surface area contributed by atoms with E-state index in [0.717, 1.165) is 18.4 Å². The first kappa shape index (κ1) is 25.1. The lowest BCUT2D eigenvalue weighted by Crippen LogP contribution is -2.35. The molecule has 4 N–H and O–H groups in total. The molecule has 6 heteroatoms. The standard InChI is InChI=1S/C26H33NO5/c1-5-16(2)14-18(4)15-17(3)8-6-7-9-21(29)22-25(31)23(27-26(22)32)24(30)19-10-12-20(28)13-11-19/h6-13,15-16,18,23-24,28-30H,5,14H2,1-4H3,(H,27,32). The van der Waals surface area contributed by atoms with Gasteiger partial charge in [0.25, 0.3) is 5.91 Å². The normalized spacial score (nSPS) is 21.8. The summed E-state index contributed by atoms with van der Waals surface area (Å²) in [6.45, 7) is 8.61. The van der Waals surface area contributed by atoms with E-state index in [4.69, 9.17) is 0 Å². The molecule has 0 radical (unpaired) electrons. The number of allylic oxidation sites excluding steroid dienone is 6. The van der Waals surface area contributed by atoms with E-state index in [1.807, 2.05) is 13.0 Å². The van der Waals surface area contributed by atoms with Crippen LogP contribution in [-0.4, -0.2) is 33.1 Å². The lowest BCUT2D eigenvalue weighted by Gasteiger charge is -2.16. The summed E-state index contributed by atoms with van der Waals surface area (Å²) in [7, 11) is 0. The smallest absolute Gasteiger partial charge is 0.259 e. The molecule has 1 saturated heterocycles. The zero-order chi connectivity index (χ0) is 23.8. The van der Waals surface area contributed by atoms with Gasteiger partial charge in [0.05, 0.1) is 0 Å². The minimum Gasteiger partial charge on any atom is -0.508 e. The molecule has 0 aromatic heterocycles.